The van der Waals surface area contributed by atoms with Gasteiger partial charge in [0.05, 0.1) is 6.54 Å². The smallest absolute Gasteiger partial charge is 0.344 e. The fraction of sp³-hybridized carbons (Fsp3) is 0.300. The van der Waals surface area contributed by atoms with Crippen molar-refractivity contribution in [1.82, 2.24) is 5.32 Å². The minimum Gasteiger partial charge on any atom is -0.491 e. The van der Waals surface area contributed by atoms with Gasteiger partial charge in [-0.05, 0) is 49.7 Å². The lowest BCUT2D eigenvalue weighted by molar-refractivity contribution is -0.150. The van der Waals surface area contributed by atoms with Crippen LogP contribution in [0.2, 0.25) is 0 Å². The van der Waals surface area contributed by atoms with Gasteiger partial charge in [0.2, 0.25) is 0 Å². The molecule has 0 atom stereocenters. The van der Waals surface area contributed by atoms with Gasteiger partial charge in [0.1, 0.15) is 23.9 Å². The molecule has 0 aliphatic carbocycles. The van der Waals surface area contributed by atoms with Crippen molar-refractivity contribution in [3.8, 4) is 11.5 Å². The lowest BCUT2D eigenvalue weighted by atomic mass is 10.1. The summed E-state index contributed by atoms with van der Waals surface area (Å²) in [5.74, 6) is -0.431. The molecule has 2 aromatic rings. The standard InChI is InChI=1S/C20H22FNO5/c1-14-3-8-18(15(2)11-14)25-10-9-22-19(23)12-27-20(24)13-26-17-6-4-16(21)5-7-17/h3-8,11H,9-10,12-13H2,1-2H3,(H,22,23). The summed E-state index contributed by atoms with van der Waals surface area (Å²) in [6, 6.07) is 11.1. The largest absolute Gasteiger partial charge is 0.491 e. The molecule has 0 aromatic heterocycles. The molecule has 0 saturated heterocycles. The summed E-state index contributed by atoms with van der Waals surface area (Å²) in [6.45, 7) is 3.77. The average molecular weight is 375 g/mol. The number of halogens is 1. The van der Waals surface area contributed by atoms with Crippen molar-refractivity contribution in [2.75, 3.05) is 26.4 Å². The Bertz CT molecular complexity index is 776. The van der Waals surface area contributed by atoms with E-state index in [4.69, 9.17) is 14.2 Å². The van der Waals surface area contributed by atoms with E-state index in [0.717, 1.165) is 16.9 Å². The van der Waals surface area contributed by atoms with Crippen molar-refractivity contribution in [1.29, 1.82) is 0 Å². The third-order valence-electron chi connectivity index (χ3n) is 3.55. The zero-order chi connectivity index (χ0) is 19.6. The number of aryl methyl sites for hydroxylation is 2. The fourth-order valence-electron chi connectivity index (χ4n) is 2.22. The molecule has 0 unspecified atom stereocenters. The summed E-state index contributed by atoms with van der Waals surface area (Å²) < 4.78 is 28.3. The van der Waals surface area contributed by atoms with Gasteiger partial charge in [0.15, 0.2) is 13.2 Å². The second-order valence-electron chi connectivity index (χ2n) is 5.87. The van der Waals surface area contributed by atoms with Gasteiger partial charge in [-0.15, -0.1) is 0 Å². The summed E-state index contributed by atoms with van der Waals surface area (Å²) in [5, 5.41) is 2.60. The van der Waals surface area contributed by atoms with Gasteiger partial charge in [-0.1, -0.05) is 17.7 Å². The van der Waals surface area contributed by atoms with Crippen molar-refractivity contribution in [2.45, 2.75) is 13.8 Å². The maximum absolute atomic E-state index is 12.8. The Hall–Kier alpha value is -3.09. The van der Waals surface area contributed by atoms with E-state index < -0.39 is 24.3 Å². The van der Waals surface area contributed by atoms with Crippen LogP contribution in [0.1, 0.15) is 11.1 Å². The van der Waals surface area contributed by atoms with E-state index in [0.29, 0.717) is 12.4 Å². The number of carbonyl (C=O) groups excluding carboxylic acids is 2. The Kier molecular flexibility index (Phi) is 7.61. The van der Waals surface area contributed by atoms with Crippen molar-refractivity contribution in [2.24, 2.45) is 0 Å². The summed E-state index contributed by atoms with van der Waals surface area (Å²) >= 11 is 0. The molecule has 2 rings (SSSR count). The first-order valence-corrected chi connectivity index (χ1v) is 8.45. The number of amides is 1. The zero-order valence-corrected chi connectivity index (χ0v) is 15.3. The number of hydrogen-bond donors (Lipinski definition) is 1. The molecule has 6 nitrogen and oxygen atoms in total. The first-order valence-electron chi connectivity index (χ1n) is 8.45. The number of hydrogen-bond acceptors (Lipinski definition) is 5. The van der Waals surface area contributed by atoms with Gasteiger partial charge in [-0.3, -0.25) is 4.79 Å². The van der Waals surface area contributed by atoms with E-state index >= 15 is 0 Å². The Morgan fingerprint density at radius 1 is 1.00 bits per heavy atom. The van der Waals surface area contributed by atoms with Gasteiger partial charge in [-0.25, -0.2) is 9.18 Å². The maximum atomic E-state index is 12.8. The summed E-state index contributed by atoms with van der Waals surface area (Å²) in [4.78, 5) is 23.2. The lowest BCUT2D eigenvalue weighted by Crippen LogP contribution is -2.32. The van der Waals surface area contributed by atoms with Crippen LogP contribution in [-0.2, 0) is 14.3 Å². The second kappa shape index (κ2) is 10.2. The summed E-state index contributed by atoms with van der Waals surface area (Å²) in [6.07, 6.45) is 0. The molecule has 0 saturated carbocycles. The first kappa shape index (κ1) is 20.2. The number of rotatable bonds is 9. The lowest BCUT2D eigenvalue weighted by Gasteiger charge is -2.11. The van der Waals surface area contributed by atoms with Gasteiger partial charge in [-0.2, -0.15) is 0 Å². The van der Waals surface area contributed by atoms with Crippen LogP contribution in [0.15, 0.2) is 42.5 Å². The molecule has 7 heteroatoms. The predicted molar refractivity (Wildman–Crippen MR) is 97.3 cm³/mol. The third kappa shape index (κ3) is 7.35. The van der Waals surface area contributed by atoms with E-state index in [1.807, 2.05) is 32.0 Å². The Labute approximate surface area is 157 Å². The highest BCUT2D eigenvalue weighted by Gasteiger charge is 2.08. The normalized spacial score (nSPS) is 10.2. The SMILES string of the molecule is Cc1ccc(OCCNC(=O)COC(=O)COc2ccc(F)cc2)c(C)c1. The van der Waals surface area contributed by atoms with Crippen LogP contribution in [0, 0.1) is 19.7 Å². The Balaban J connectivity index is 1.58. The summed E-state index contributed by atoms with van der Waals surface area (Å²) in [5.41, 5.74) is 2.18. The molecule has 144 valence electrons. The van der Waals surface area contributed by atoms with Crippen LogP contribution in [0.5, 0.6) is 11.5 Å². The quantitative estimate of drug-likeness (QED) is 0.539. The molecule has 2 aromatic carbocycles. The van der Waals surface area contributed by atoms with E-state index in [9.17, 15) is 14.0 Å². The number of ether oxygens (including phenoxy) is 3. The van der Waals surface area contributed by atoms with Crippen molar-refractivity contribution in [3.05, 3.63) is 59.4 Å². The van der Waals surface area contributed by atoms with Crippen LogP contribution in [0.25, 0.3) is 0 Å². The topological polar surface area (TPSA) is 73.9 Å². The molecule has 0 heterocycles. The molecular formula is C20H22FNO5. The molecule has 0 bridgehead atoms. The van der Waals surface area contributed by atoms with Crippen molar-refractivity contribution < 1.29 is 28.2 Å². The zero-order valence-electron chi connectivity index (χ0n) is 15.3. The minimum atomic E-state index is -0.694. The third-order valence-corrected chi connectivity index (χ3v) is 3.55. The Morgan fingerprint density at radius 3 is 2.44 bits per heavy atom. The first-order chi connectivity index (χ1) is 12.9. The Morgan fingerprint density at radius 2 is 1.74 bits per heavy atom. The highest BCUT2D eigenvalue weighted by atomic mass is 19.1. The van der Waals surface area contributed by atoms with Crippen molar-refractivity contribution in [3.63, 3.8) is 0 Å². The molecule has 0 spiro atoms. The second-order valence-corrected chi connectivity index (χ2v) is 5.87. The van der Waals surface area contributed by atoms with Crippen LogP contribution in [0.3, 0.4) is 0 Å². The van der Waals surface area contributed by atoms with Gasteiger partial charge in [0.25, 0.3) is 5.91 Å². The van der Waals surface area contributed by atoms with E-state index in [-0.39, 0.29) is 13.2 Å². The van der Waals surface area contributed by atoms with Gasteiger partial charge >= 0.3 is 5.97 Å². The highest BCUT2D eigenvalue weighted by molar-refractivity contribution is 5.80. The van der Waals surface area contributed by atoms with E-state index in [1.165, 1.54) is 24.3 Å². The molecule has 27 heavy (non-hydrogen) atoms. The fourth-order valence-corrected chi connectivity index (χ4v) is 2.22. The van der Waals surface area contributed by atoms with Crippen LogP contribution in [-0.4, -0.2) is 38.2 Å². The van der Waals surface area contributed by atoms with Gasteiger partial charge in [0, 0.05) is 0 Å². The molecule has 0 radical (unpaired) electrons. The molecule has 1 amide bonds. The van der Waals surface area contributed by atoms with E-state index in [1.54, 1.807) is 0 Å². The molecule has 0 aliphatic rings. The van der Waals surface area contributed by atoms with Crippen molar-refractivity contribution >= 4 is 11.9 Å². The monoisotopic (exact) mass is 375 g/mol. The number of nitrogens with one attached hydrogen (secondary N) is 1. The number of esters is 1. The highest BCUT2D eigenvalue weighted by Crippen LogP contribution is 2.18. The maximum Gasteiger partial charge on any atom is 0.344 e. The predicted octanol–water partition coefficient (Wildman–Crippen LogP) is 2.56. The minimum absolute atomic E-state index is 0.287. The number of benzene rings is 2. The van der Waals surface area contributed by atoms with Gasteiger partial charge < -0.3 is 19.5 Å². The van der Waals surface area contributed by atoms with Crippen LogP contribution < -0.4 is 14.8 Å². The van der Waals surface area contributed by atoms with Crippen LogP contribution >= 0.6 is 0 Å². The van der Waals surface area contributed by atoms with E-state index in [2.05, 4.69) is 5.32 Å². The summed E-state index contributed by atoms with van der Waals surface area (Å²) in [7, 11) is 0. The molecular weight excluding hydrogens is 353 g/mol. The molecule has 1 N–H and O–H groups in total. The molecule has 0 fully saturated rings. The average Bonchev–Trinajstić information content (AvgIpc) is 2.64. The molecule has 0 aliphatic heterocycles. The van der Waals surface area contributed by atoms with Crippen LogP contribution in [0.4, 0.5) is 4.39 Å². The number of carbonyl (C=O) groups is 2.